The van der Waals surface area contributed by atoms with E-state index in [0.717, 1.165) is 5.69 Å². The van der Waals surface area contributed by atoms with Crippen LogP contribution in [0.15, 0.2) is 10.6 Å². The SMILES string of the molecule is CC(=O)NC(CNCc1cc(C)no1)C(=O)O. The van der Waals surface area contributed by atoms with E-state index in [2.05, 4.69) is 15.8 Å². The van der Waals surface area contributed by atoms with Crippen LogP contribution in [0.4, 0.5) is 0 Å². The molecular weight excluding hydrogens is 226 g/mol. The summed E-state index contributed by atoms with van der Waals surface area (Å²) in [5.74, 6) is -0.842. The zero-order chi connectivity index (χ0) is 12.8. The molecule has 1 aromatic rings. The second-order valence-electron chi connectivity index (χ2n) is 3.66. The first-order valence-corrected chi connectivity index (χ1v) is 5.12. The number of carboxylic acid groups (broad SMARTS) is 1. The monoisotopic (exact) mass is 241 g/mol. The molecule has 7 nitrogen and oxygen atoms in total. The lowest BCUT2D eigenvalue weighted by atomic mass is 10.3. The average molecular weight is 241 g/mol. The van der Waals surface area contributed by atoms with Crippen molar-refractivity contribution in [3.63, 3.8) is 0 Å². The van der Waals surface area contributed by atoms with Crippen molar-refractivity contribution in [3.8, 4) is 0 Å². The van der Waals surface area contributed by atoms with Gasteiger partial charge in [0.05, 0.1) is 12.2 Å². The van der Waals surface area contributed by atoms with Crippen LogP contribution in [0.3, 0.4) is 0 Å². The summed E-state index contributed by atoms with van der Waals surface area (Å²) in [6.45, 7) is 3.55. The minimum Gasteiger partial charge on any atom is -0.480 e. The summed E-state index contributed by atoms with van der Waals surface area (Å²) in [6.07, 6.45) is 0. The molecule has 1 heterocycles. The number of nitrogens with one attached hydrogen (secondary N) is 2. The molecule has 0 fully saturated rings. The molecule has 0 aliphatic heterocycles. The van der Waals surface area contributed by atoms with E-state index in [9.17, 15) is 9.59 Å². The van der Waals surface area contributed by atoms with Gasteiger partial charge in [0.1, 0.15) is 6.04 Å². The molecule has 0 aliphatic rings. The number of aliphatic carboxylic acids is 1. The van der Waals surface area contributed by atoms with Crippen LogP contribution in [0.1, 0.15) is 18.4 Å². The molecule has 0 saturated carbocycles. The fourth-order valence-electron chi connectivity index (χ4n) is 1.28. The number of hydrogen-bond acceptors (Lipinski definition) is 5. The van der Waals surface area contributed by atoms with E-state index in [0.29, 0.717) is 12.3 Å². The van der Waals surface area contributed by atoms with Gasteiger partial charge >= 0.3 is 5.97 Å². The number of carboxylic acids is 1. The topological polar surface area (TPSA) is 104 Å². The maximum atomic E-state index is 10.8. The minimum atomic E-state index is -1.08. The first-order chi connectivity index (χ1) is 7.99. The van der Waals surface area contributed by atoms with Gasteiger partial charge in [0, 0.05) is 19.5 Å². The second-order valence-corrected chi connectivity index (χ2v) is 3.66. The number of rotatable bonds is 6. The molecule has 1 rings (SSSR count). The Balaban J connectivity index is 2.37. The largest absolute Gasteiger partial charge is 0.480 e. The highest BCUT2D eigenvalue weighted by Crippen LogP contribution is 2.00. The van der Waals surface area contributed by atoms with Crippen LogP contribution in [-0.4, -0.2) is 34.7 Å². The average Bonchev–Trinajstić information content (AvgIpc) is 2.62. The van der Waals surface area contributed by atoms with Crippen LogP contribution in [0.25, 0.3) is 0 Å². The summed E-state index contributed by atoms with van der Waals surface area (Å²) in [7, 11) is 0. The highest BCUT2D eigenvalue weighted by atomic mass is 16.5. The van der Waals surface area contributed by atoms with E-state index in [-0.39, 0.29) is 12.5 Å². The summed E-state index contributed by atoms with van der Waals surface area (Å²) < 4.78 is 4.94. The van der Waals surface area contributed by atoms with E-state index >= 15 is 0 Å². The van der Waals surface area contributed by atoms with Crippen LogP contribution >= 0.6 is 0 Å². The summed E-state index contributed by atoms with van der Waals surface area (Å²) in [5.41, 5.74) is 0.762. The van der Waals surface area contributed by atoms with Gasteiger partial charge in [-0.2, -0.15) is 0 Å². The normalized spacial score (nSPS) is 12.1. The molecule has 94 valence electrons. The smallest absolute Gasteiger partial charge is 0.327 e. The fourth-order valence-corrected chi connectivity index (χ4v) is 1.28. The third kappa shape index (κ3) is 4.64. The standard InChI is InChI=1S/C10H15N3O4/c1-6-3-8(17-13-6)4-11-5-9(10(15)16)12-7(2)14/h3,9,11H,4-5H2,1-2H3,(H,12,14)(H,15,16). The fraction of sp³-hybridized carbons (Fsp3) is 0.500. The molecule has 3 N–H and O–H groups in total. The Bertz CT molecular complexity index is 402. The van der Waals surface area contributed by atoms with Gasteiger partial charge in [0.15, 0.2) is 5.76 Å². The molecule has 0 saturated heterocycles. The molecular formula is C10H15N3O4. The first-order valence-electron chi connectivity index (χ1n) is 5.12. The van der Waals surface area contributed by atoms with Crippen LogP contribution in [-0.2, 0) is 16.1 Å². The van der Waals surface area contributed by atoms with Gasteiger partial charge in [-0.3, -0.25) is 4.79 Å². The predicted molar refractivity (Wildman–Crippen MR) is 58.2 cm³/mol. The van der Waals surface area contributed by atoms with E-state index in [1.165, 1.54) is 6.92 Å². The van der Waals surface area contributed by atoms with Crippen molar-refractivity contribution in [2.24, 2.45) is 0 Å². The molecule has 17 heavy (non-hydrogen) atoms. The first kappa shape index (κ1) is 13.2. The van der Waals surface area contributed by atoms with Crippen molar-refractivity contribution in [1.82, 2.24) is 15.8 Å². The molecule has 0 aromatic carbocycles. The Kier molecular flexibility index (Phi) is 4.65. The van der Waals surface area contributed by atoms with Gasteiger partial charge in [-0.25, -0.2) is 4.79 Å². The quantitative estimate of drug-likeness (QED) is 0.629. The lowest BCUT2D eigenvalue weighted by Crippen LogP contribution is -2.46. The van der Waals surface area contributed by atoms with Gasteiger partial charge in [0.2, 0.25) is 5.91 Å². The molecule has 0 bridgehead atoms. The van der Waals surface area contributed by atoms with E-state index < -0.39 is 12.0 Å². The Morgan fingerprint density at radius 2 is 2.29 bits per heavy atom. The van der Waals surface area contributed by atoms with Gasteiger partial charge < -0.3 is 20.3 Å². The van der Waals surface area contributed by atoms with Crippen LogP contribution in [0, 0.1) is 6.92 Å². The molecule has 7 heteroatoms. The molecule has 0 spiro atoms. The van der Waals surface area contributed by atoms with Gasteiger partial charge in [-0.05, 0) is 6.92 Å². The molecule has 1 unspecified atom stereocenters. The Labute approximate surface area is 98.2 Å². The van der Waals surface area contributed by atoms with Crippen molar-refractivity contribution < 1.29 is 19.2 Å². The van der Waals surface area contributed by atoms with Crippen LogP contribution < -0.4 is 10.6 Å². The van der Waals surface area contributed by atoms with E-state index in [1.54, 1.807) is 13.0 Å². The van der Waals surface area contributed by atoms with Crippen LogP contribution in [0.2, 0.25) is 0 Å². The molecule has 0 aliphatic carbocycles. The third-order valence-corrected chi connectivity index (χ3v) is 2.00. The van der Waals surface area contributed by atoms with Crippen molar-refractivity contribution in [3.05, 3.63) is 17.5 Å². The van der Waals surface area contributed by atoms with Gasteiger partial charge in [-0.1, -0.05) is 5.16 Å². The predicted octanol–water partition coefficient (Wildman–Crippen LogP) is -0.338. The number of hydrogen-bond donors (Lipinski definition) is 3. The minimum absolute atomic E-state index is 0.120. The lowest BCUT2D eigenvalue weighted by Gasteiger charge is -2.13. The Hall–Kier alpha value is -1.89. The zero-order valence-corrected chi connectivity index (χ0v) is 9.69. The number of aryl methyl sites for hydroxylation is 1. The van der Waals surface area contributed by atoms with Crippen molar-refractivity contribution in [2.75, 3.05) is 6.54 Å². The maximum Gasteiger partial charge on any atom is 0.327 e. The number of nitrogens with zero attached hydrogens (tertiary/aromatic N) is 1. The molecule has 0 radical (unpaired) electrons. The molecule has 1 amide bonds. The van der Waals surface area contributed by atoms with E-state index in [4.69, 9.17) is 9.63 Å². The van der Waals surface area contributed by atoms with E-state index in [1.807, 2.05) is 0 Å². The number of carbonyl (C=O) groups is 2. The highest BCUT2D eigenvalue weighted by Gasteiger charge is 2.17. The summed E-state index contributed by atoms with van der Waals surface area (Å²) in [5, 5.41) is 17.7. The van der Waals surface area contributed by atoms with Crippen LogP contribution in [0.5, 0.6) is 0 Å². The zero-order valence-electron chi connectivity index (χ0n) is 9.69. The Morgan fingerprint density at radius 1 is 1.59 bits per heavy atom. The number of carbonyl (C=O) groups excluding carboxylic acids is 1. The number of amides is 1. The van der Waals surface area contributed by atoms with Gasteiger partial charge in [0.25, 0.3) is 0 Å². The summed E-state index contributed by atoms with van der Waals surface area (Å²) >= 11 is 0. The maximum absolute atomic E-state index is 10.8. The van der Waals surface area contributed by atoms with Gasteiger partial charge in [-0.15, -0.1) is 0 Å². The number of aromatic nitrogens is 1. The Morgan fingerprint density at radius 3 is 2.76 bits per heavy atom. The van der Waals surface area contributed by atoms with Crippen molar-refractivity contribution >= 4 is 11.9 Å². The van der Waals surface area contributed by atoms with Crippen molar-refractivity contribution in [1.29, 1.82) is 0 Å². The summed E-state index contributed by atoms with van der Waals surface area (Å²) in [6, 6.07) is 0.803. The summed E-state index contributed by atoms with van der Waals surface area (Å²) in [4.78, 5) is 21.6. The lowest BCUT2D eigenvalue weighted by molar-refractivity contribution is -0.141. The molecule has 1 atom stereocenters. The molecule has 1 aromatic heterocycles. The highest BCUT2D eigenvalue weighted by molar-refractivity contribution is 5.82. The third-order valence-electron chi connectivity index (χ3n) is 2.00. The van der Waals surface area contributed by atoms with Crippen molar-refractivity contribution in [2.45, 2.75) is 26.4 Å². The second kappa shape index (κ2) is 6.00.